The molecule has 0 spiro atoms. The van der Waals surface area contributed by atoms with Crippen molar-refractivity contribution in [3.8, 4) is 22.8 Å². The Labute approximate surface area is 158 Å². The average Bonchev–Trinajstić information content (AvgIpc) is 2.76. The molecule has 1 aliphatic rings. The number of rotatable bonds is 6. The molecule has 0 saturated carbocycles. The van der Waals surface area contributed by atoms with Gasteiger partial charge in [-0.25, -0.2) is 9.97 Å². The monoisotopic (exact) mass is 362 g/mol. The Morgan fingerprint density at radius 1 is 1.11 bits per heavy atom. The molecule has 3 aromatic rings. The van der Waals surface area contributed by atoms with E-state index in [4.69, 9.17) is 4.74 Å². The van der Waals surface area contributed by atoms with E-state index in [0.717, 1.165) is 55.4 Å². The van der Waals surface area contributed by atoms with Gasteiger partial charge in [0, 0.05) is 49.9 Å². The Morgan fingerprint density at radius 2 is 2.11 bits per heavy atom. The molecular formula is C20H22N6O. The van der Waals surface area contributed by atoms with Gasteiger partial charge in [-0.05, 0) is 30.7 Å². The highest BCUT2D eigenvalue weighted by Crippen LogP contribution is 2.23. The molecular weight excluding hydrogens is 340 g/mol. The quantitative estimate of drug-likeness (QED) is 0.696. The number of ether oxygens (including phenoxy) is 1. The summed E-state index contributed by atoms with van der Waals surface area (Å²) >= 11 is 0. The third kappa shape index (κ3) is 4.64. The maximum atomic E-state index is 5.75. The van der Waals surface area contributed by atoms with Crippen LogP contribution >= 0.6 is 0 Å². The number of pyridine rings is 2. The fourth-order valence-electron chi connectivity index (χ4n) is 2.98. The Balaban J connectivity index is 1.56. The van der Waals surface area contributed by atoms with E-state index in [1.54, 1.807) is 18.6 Å². The van der Waals surface area contributed by atoms with Crippen LogP contribution in [0.25, 0.3) is 22.8 Å². The van der Waals surface area contributed by atoms with Gasteiger partial charge in [-0.1, -0.05) is 6.07 Å². The van der Waals surface area contributed by atoms with E-state index < -0.39 is 0 Å². The zero-order valence-electron chi connectivity index (χ0n) is 15.0. The van der Waals surface area contributed by atoms with Crippen molar-refractivity contribution in [2.45, 2.75) is 12.5 Å². The van der Waals surface area contributed by atoms with Crippen LogP contribution in [-0.2, 0) is 4.74 Å². The number of hydrogen-bond donors (Lipinski definition) is 2. The Hall–Kier alpha value is -2.90. The highest BCUT2D eigenvalue weighted by molar-refractivity contribution is 5.65. The maximum absolute atomic E-state index is 5.75. The lowest BCUT2D eigenvalue weighted by Crippen LogP contribution is -2.39. The molecule has 0 amide bonds. The van der Waals surface area contributed by atoms with Crippen LogP contribution in [0.3, 0.4) is 0 Å². The van der Waals surface area contributed by atoms with Gasteiger partial charge in [-0.3, -0.25) is 9.97 Å². The molecule has 0 bridgehead atoms. The Morgan fingerprint density at radius 3 is 2.89 bits per heavy atom. The second kappa shape index (κ2) is 8.66. The van der Waals surface area contributed by atoms with Crippen molar-refractivity contribution in [2.75, 3.05) is 31.6 Å². The highest BCUT2D eigenvalue weighted by atomic mass is 16.5. The first-order valence-electron chi connectivity index (χ1n) is 9.15. The number of hydrogen-bond acceptors (Lipinski definition) is 7. The summed E-state index contributed by atoms with van der Waals surface area (Å²) in [6.45, 7) is 3.37. The van der Waals surface area contributed by atoms with E-state index in [1.165, 1.54) is 0 Å². The van der Waals surface area contributed by atoms with Gasteiger partial charge in [-0.15, -0.1) is 0 Å². The number of nitrogens with one attached hydrogen (secondary N) is 2. The van der Waals surface area contributed by atoms with Crippen LogP contribution < -0.4 is 10.6 Å². The highest BCUT2D eigenvalue weighted by Gasteiger charge is 2.14. The summed E-state index contributed by atoms with van der Waals surface area (Å²) in [4.78, 5) is 17.9. The molecule has 4 rings (SSSR count). The predicted octanol–water partition coefficient (Wildman–Crippen LogP) is 2.39. The molecule has 0 aromatic carbocycles. The zero-order chi connectivity index (χ0) is 18.3. The fourth-order valence-corrected chi connectivity index (χ4v) is 2.98. The Bertz CT molecular complexity index is 795. The van der Waals surface area contributed by atoms with Crippen molar-refractivity contribution in [1.82, 2.24) is 25.3 Å². The van der Waals surface area contributed by atoms with Crippen molar-refractivity contribution < 1.29 is 4.74 Å². The summed E-state index contributed by atoms with van der Waals surface area (Å²) in [5.41, 5.74) is 2.50. The second-order valence-electron chi connectivity index (χ2n) is 6.33. The predicted molar refractivity (Wildman–Crippen MR) is 104 cm³/mol. The Kier molecular flexibility index (Phi) is 5.61. The molecule has 1 aliphatic heterocycles. The summed E-state index contributed by atoms with van der Waals surface area (Å²) in [6.07, 6.45) is 6.45. The topological polar surface area (TPSA) is 84.9 Å². The lowest BCUT2D eigenvalue weighted by Gasteiger charge is -2.23. The summed E-state index contributed by atoms with van der Waals surface area (Å²) < 4.78 is 5.75. The van der Waals surface area contributed by atoms with E-state index in [-0.39, 0.29) is 6.10 Å². The van der Waals surface area contributed by atoms with Gasteiger partial charge in [-0.2, -0.15) is 0 Å². The summed E-state index contributed by atoms with van der Waals surface area (Å²) in [6, 6.07) is 11.6. The van der Waals surface area contributed by atoms with E-state index in [1.807, 2.05) is 36.4 Å². The standard InChI is InChI=1S/C20H22N6O/c1-2-8-23-17(5-1)20-25-18(15-4-3-7-21-13-15)12-19(26-20)24-9-6-16-14-22-10-11-27-16/h1-5,7-8,12-13,16,22H,6,9-11,14H2,(H,24,25,26). The van der Waals surface area contributed by atoms with Crippen molar-refractivity contribution in [2.24, 2.45) is 0 Å². The molecule has 27 heavy (non-hydrogen) atoms. The second-order valence-corrected chi connectivity index (χ2v) is 6.33. The molecule has 1 unspecified atom stereocenters. The van der Waals surface area contributed by atoms with Crippen LogP contribution in [0, 0.1) is 0 Å². The van der Waals surface area contributed by atoms with Gasteiger partial charge in [0.1, 0.15) is 11.5 Å². The SMILES string of the molecule is c1ccc(-c2nc(NCCC3CNCCO3)cc(-c3cccnc3)n2)nc1. The molecule has 0 radical (unpaired) electrons. The van der Waals surface area contributed by atoms with Gasteiger partial charge < -0.3 is 15.4 Å². The van der Waals surface area contributed by atoms with E-state index in [2.05, 4.69) is 30.6 Å². The van der Waals surface area contributed by atoms with Gasteiger partial charge >= 0.3 is 0 Å². The maximum Gasteiger partial charge on any atom is 0.180 e. The van der Waals surface area contributed by atoms with E-state index >= 15 is 0 Å². The third-order valence-corrected chi connectivity index (χ3v) is 4.35. The van der Waals surface area contributed by atoms with Crippen molar-refractivity contribution in [3.63, 3.8) is 0 Å². The largest absolute Gasteiger partial charge is 0.376 e. The first-order valence-corrected chi connectivity index (χ1v) is 9.15. The van der Waals surface area contributed by atoms with Crippen molar-refractivity contribution in [1.29, 1.82) is 0 Å². The lowest BCUT2D eigenvalue weighted by molar-refractivity contribution is 0.0258. The molecule has 1 atom stereocenters. The van der Waals surface area contributed by atoms with Crippen molar-refractivity contribution in [3.05, 3.63) is 55.0 Å². The van der Waals surface area contributed by atoms with E-state index in [9.17, 15) is 0 Å². The fraction of sp³-hybridized carbons (Fsp3) is 0.300. The smallest absolute Gasteiger partial charge is 0.180 e. The minimum atomic E-state index is 0.237. The van der Waals surface area contributed by atoms with Crippen LogP contribution in [-0.4, -0.2) is 52.3 Å². The van der Waals surface area contributed by atoms with Crippen LogP contribution in [0.1, 0.15) is 6.42 Å². The lowest BCUT2D eigenvalue weighted by atomic mass is 10.2. The average molecular weight is 362 g/mol. The van der Waals surface area contributed by atoms with Crippen LogP contribution in [0.5, 0.6) is 0 Å². The minimum absolute atomic E-state index is 0.237. The van der Waals surface area contributed by atoms with Gasteiger partial charge in [0.15, 0.2) is 5.82 Å². The third-order valence-electron chi connectivity index (χ3n) is 4.35. The van der Waals surface area contributed by atoms with E-state index in [0.29, 0.717) is 5.82 Å². The molecule has 2 N–H and O–H groups in total. The molecule has 3 aromatic heterocycles. The van der Waals surface area contributed by atoms with Gasteiger partial charge in [0.05, 0.1) is 18.4 Å². The normalized spacial score (nSPS) is 16.8. The summed E-state index contributed by atoms with van der Waals surface area (Å²) in [7, 11) is 0. The zero-order valence-corrected chi connectivity index (χ0v) is 15.0. The molecule has 1 saturated heterocycles. The molecule has 7 heteroatoms. The summed E-state index contributed by atoms with van der Waals surface area (Å²) in [5.74, 6) is 1.36. The van der Waals surface area contributed by atoms with Crippen LogP contribution in [0.15, 0.2) is 55.0 Å². The first kappa shape index (κ1) is 17.5. The molecule has 138 valence electrons. The number of morpholine rings is 1. The number of anilines is 1. The molecule has 7 nitrogen and oxygen atoms in total. The van der Waals surface area contributed by atoms with Gasteiger partial charge in [0.2, 0.25) is 0 Å². The summed E-state index contributed by atoms with van der Waals surface area (Å²) in [5, 5.41) is 6.76. The molecule has 0 aliphatic carbocycles. The van der Waals surface area contributed by atoms with Crippen molar-refractivity contribution >= 4 is 5.82 Å². The number of aromatic nitrogens is 4. The number of nitrogens with zero attached hydrogens (tertiary/aromatic N) is 4. The van der Waals surface area contributed by atoms with Gasteiger partial charge in [0.25, 0.3) is 0 Å². The molecule has 1 fully saturated rings. The van der Waals surface area contributed by atoms with Crippen LogP contribution in [0.4, 0.5) is 5.82 Å². The molecule has 4 heterocycles. The first-order chi connectivity index (χ1) is 13.4. The minimum Gasteiger partial charge on any atom is -0.376 e. The van der Waals surface area contributed by atoms with Crippen LogP contribution in [0.2, 0.25) is 0 Å².